The van der Waals surface area contributed by atoms with E-state index >= 15 is 0 Å². The second-order valence-corrected chi connectivity index (χ2v) is 10.8. The molecule has 0 spiro atoms. The van der Waals surface area contributed by atoms with Crippen LogP contribution in [0.3, 0.4) is 0 Å². The highest BCUT2D eigenvalue weighted by atomic mass is 14.9. The first-order valence-corrected chi connectivity index (χ1v) is 14.6. The zero-order chi connectivity index (χ0) is 26.2. The Morgan fingerprint density at radius 2 is 1.30 bits per heavy atom. The monoisotopic (exact) mass is 494 g/mol. The van der Waals surface area contributed by atoms with E-state index in [0.717, 1.165) is 13.0 Å². The van der Waals surface area contributed by atoms with Crippen LogP contribution in [0, 0.1) is 5.41 Å². The molecule has 0 amide bonds. The maximum atomic E-state index is 3.91. The molecule has 1 aromatic heterocycles. The second-order valence-electron chi connectivity index (χ2n) is 10.8. The maximum Gasteiger partial charge on any atom is 0.173 e. The van der Waals surface area contributed by atoms with Gasteiger partial charge in [-0.2, -0.15) is 0 Å². The van der Waals surface area contributed by atoms with E-state index in [1.54, 1.807) is 0 Å². The zero-order valence-electron chi connectivity index (χ0n) is 23.4. The number of aromatic nitrogens is 1. The third-order valence-corrected chi connectivity index (χ3v) is 7.68. The normalized spacial score (nSPS) is 11.7. The van der Waals surface area contributed by atoms with E-state index in [2.05, 4.69) is 116 Å². The van der Waals surface area contributed by atoms with Gasteiger partial charge in [0.15, 0.2) is 18.9 Å². The first kappa shape index (κ1) is 28.6. The van der Waals surface area contributed by atoms with Gasteiger partial charge in [0.2, 0.25) is 0 Å². The van der Waals surface area contributed by atoms with Crippen molar-refractivity contribution in [3.63, 3.8) is 0 Å². The minimum atomic E-state index is 0.442. The molecule has 0 aliphatic carbocycles. The molecule has 1 heterocycles. The van der Waals surface area contributed by atoms with Gasteiger partial charge in [-0.3, -0.25) is 0 Å². The molecule has 1 nitrogen and oxygen atoms in total. The fourth-order valence-corrected chi connectivity index (χ4v) is 5.41. The van der Waals surface area contributed by atoms with Crippen LogP contribution in [0.4, 0.5) is 0 Å². The Labute approximate surface area is 227 Å². The smallest absolute Gasteiger partial charge is 0.173 e. The summed E-state index contributed by atoms with van der Waals surface area (Å²) >= 11 is 0. The topological polar surface area (TPSA) is 3.88 Å². The highest BCUT2D eigenvalue weighted by Gasteiger charge is 2.28. The summed E-state index contributed by atoms with van der Waals surface area (Å²) in [6.07, 6.45) is 25.1. The lowest BCUT2D eigenvalue weighted by molar-refractivity contribution is -0.688. The molecule has 1 heteroatoms. The lowest BCUT2D eigenvalue weighted by Gasteiger charge is -2.35. The van der Waals surface area contributed by atoms with Crippen molar-refractivity contribution in [1.29, 1.82) is 0 Å². The quantitative estimate of drug-likeness (QED) is 0.130. The number of nitrogens with zero attached hydrogens (tertiary/aromatic N) is 1. The number of pyridine rings is 1. The van der Waals surface area contributed by atoms with Gasteiger partial charge >= 0.3 is 0 Å². The number of hydrogen-bond acceptors (Lipinski definition) is 0. The lowest BCUT2D eigenvalue weighted by atomic mass is 9.70. The van der Waals surface area contributed by atoms with Crippen LogP contribution >= 0.6 is 0 Å². The average molecular weight is 495 g/mol. The predicted molar refractivity (Wildman–Crippen MR) is 161 cm³/mol. The SMILES string of the molecule is C=Cc1ccc(CC(CCCC)(CCCC)CCCC/C=C\c2ccc(C[n+]3ccccc3)cc2)cc1. The van der Waals surface area contributed by atoms with E-state index < -0.39 is 0 Å². The second kappa shape index (κ2) is 16.0. The molecule has 0 radical (unpaired) electrons. The first-order chi connectivity index (χ1) is 18.2. The predicted octanol–water partition coefficient (Wildman–Crippen LogP) is 9.85. The minimum absolute atomic E-state index is 0.442. The van der Waals surface area contributed by atoms with Crippen LogP contribution in [0.2, 0.25) is 0 Å². The minimum Gasteiger partial charge on any atom is -0.201 e. The summed E-state index contributed by atoms with van der Waals surface area (Å²) in [4.78, 5) is 0. The van der Waals surface area contributed by atoms with Gasteiger partial charge in [-0.15, -0.1) is 0 Å². The van der Waals surface area contributed by atoms with Crippen molar-refractivity contribution in [2.75, 3.05) is 0 Å². The van der Waals surface area contributed by atoms with Gasteiger partial charge in [-0.05, 0) is 60.6 Å². The van der Waals surface area contributed by atoms with Crippen LogP contribution < -0.4 is 4.57 Å². The van der Waals surface area contributed by atoms with Crippen LogP contribution in [-0.2, 0) is 13.0 Å². The van der Waals surface area contributed by atoms with Crippen LogP contribution in [0.25, 0.3) is 12.2 Å². The van der Waals surface area contributed by atoms with Gasteiger partial charge in [0.25, 0.3) is 0 Å². The maximum absolute atomic E-state index is 3.91. The molecule has 196 valence electrons. The zero-order valence-corrected chi connectivity index (χ0v) is 23.4. The van der Waals surface area contributed by atoms with Gasteiger partial charge in [-0.25, -0.2) is 4.57 Å². The summed E-state index contributed by atoms with van der Waals surface area (Å²) in [7, 11) is 0. The van der Waals surface area contributed by atoms with Crippen molar-refractivity contribution in [3.8, 4) is 0 Å². The van der Waals surface area contributed by atoms with Gasteiger partial charge in [0, 0.05) is 17.7 Å². The van der Waals surface area contributed by atoms with Crippen molar-refractivity contribution in [2.45, 2.75) is 91.0 Å². The van der Waals surface area contributed by atoms with E-state index in [-0.39, 0.29) is 0 Å². The largest absolute Gasteiger partial charge is 0.201 e. The summed E-state index contributed by atoms with van der Waals surface area (Å²) in [5.74, 6) is 0. The Hall–Kier alpha value is -2.93. The van der Waals surface area contributed by atoms with Crippen molar-refractivity contribution in [1.82, 2.24) is 0 Å². The number of benzene rings is 2. The Morgan fingerprint density at radius 1 is 0.703 bits per heavy atom. The molecule has 37 heavy (non-hydrogen) atoms. The number of allylic oxidation sites excluding steroid dienone is 1. The molecule has 0 aliphatic heterocycles. The van der Waals surface area contributed by atoms with E-state index in [1.165, 1.54) is 86.5 Å². The molecule has 0 N–H and O–H groups in total. The molecule has 3 aromatic rings. The van der Waals surface area contributed by atoms with Gasteiger partial charge in [0.1, 0.15) is 0 Å². The van der Waals surface area contributed by atoms with E-state index in [4.69, 9.17) is 0 Å². The molecule has 0 unspecified atom stereocenters. The summed E-state index contributed by atoms with van der Waals surface area (Å²) in [6, 6.07) is 24.3. The summed E-state index contributed by atoms with van der Waals surface area (Å²) < 4.78 is 2.21. The van der Waals surface area contributed by atoms with Crippen LogP contribution in [0.15, 0.2) is 91.8 Å². The van der Waals surface area contributed by atoms with E-state index in [9.17, 15) is 0 Å². The number of rotatable bonds is 17. The van der Waals surface area contributed by atoms with Gasteiger partial charge in [-0.1, -0.05) is 125 Å². The molecule has 3 rings (SSSR count). The highest BCUT2D eigenvalue weighted by Crippen LogP contribution is 2.40. The molecule has 2 aromatic carbocycles. The lowest BCUT2D eigenvalue weighted by Crippen LogP contribution is -2.32. The van der Waals surface area contributed by atoms with Crippen molar-refractivity contribution in [3.05, 3.63) is 114 Å². The average Bonchev–Trinajstić information content (AvgIpc) is 2.94. The highest BCUT2D eigenvalue weighted by molar-refractivity contribution is 5.49. The molecular formula is C36H48N+. The van der Waals surface area contributed by atoms with Gasteiger partial charge in [0.05, 0.1) is 0 Å². The first-order valence-electron chi connectivity index (χ1n) is 14.6. The molecule has 0 saturated carbocycles. The summed E-state index contributed by atoms with van der Waals surface area (Å²) in [6.45, 7) is 9.50. The van der Waals surface area contributed by atoms with Crippen molar-refractivity contribution < 1.29 is 4.57 Å². The summed E-state index contributed by atoms with van der Waals surface area (Å²) in [5, 5.41) is 0. The Kier molecular flexibility index (Phi) is 12.4. The third-order valence-electron chi connectivity index (χ3n) is 7.68. The Morgan fingerprint density at radius 3 is 1.92 bits per heavy atom. The van der Waals surface area contributed by atoms with Crippen LogP contribution in [0.5, 0.6) is 0 Å². The molecule has 0 bridgehead atoms. The Bertz CT molecular complexity index is 1040. The molecule has 0 atom stereocenters. The van der Waals surface area contributed by atoms with Crippen molar-refractivity contribution >= 4 is 12.2 Å². The van der Waals surface area contributed by atoms with Crippen LogP contribution in [-0.4, -0.2) is 0 Å². The van der Waals surface area contributed by atoms with Gasteiger partial charge < -0.3 is 0 Å². The van der Waals surface area contributed by atoms with Crippen LogP contribution in [0.1, 0.15) is 100 Å². The third kappa shape index (κ3) is 10.2. The molecule has 0 fully saturated rings. The Balaban J connectivity index is 1.52. The molecular weight excluding hydrogens is 446 g/mol. The fourth-order valence-electron chi connectivity index (χ4n) is 5.41. The molecule has 0 aliphatic rings. The van der Waals surface area contributed by atoms with E-state index in [0.29, 0.717) is 5.41 Å². The van der Waals surface area contributed by atoms with E-state index in [1.807, 2.05) is 6.08 Å². The molecule has 0 saturated heterocycles. The summed E-state index contributed by atoms with van der Waals surface area (Å²) in [5.41, 5.74) is 5.78. The fraction of sp³-hybridized carbons (Fsp3) is 0.417. The number of unbranched alkanes of at least 4 members (excludes halogenated alkanes) is 4. The number of hydrogen-bond donors (Lipinski definition) is 0. The van der Waals surface area contributed by atoms with Crippen molar-refractivity contribution in [2.24, 2.45) is 5.41 Å². The standard InChI is InChI=1S/C36H48N/c1-4-7-25-36(26-8-5-2,30-34-21-17-32(6-3)18-22-34)27-13-10-9-12-16-33-19-23-35(24-20-33)31-37-28-14-11-15-29-37/h6,11-12,14-24,28-29H,3-5,7-10,13,25-27,30-31H2,1-2H3/q+1/b16-12-.